The van der Waals surface area contributed by atoms with Gasteiger partial charge < -0.3 is 13.1 Å². The summed E-state index contributed by atoms with van der Waals surface area (Å²) in [6.45, 7) is 0. The summed E-state index contributed by atoms with van der Waals surface area (Å²) in [6.07, 6.45) is -1.83. The van der Waals surface area contributed by atoms with Gasteiger partial charge in [-0.15, -0.1) is 0 Å². The van der Waals surface area contributed by atoms with Crippen molar-refractivity contribution >= 4 is 26.4 Å². The van der Waals surface area contributed by atoms with Gasteiger partial charge in [0, 0.05) is 0 Å². The molecule has 0 heterocycles. The number of hydrogen-bond donors (Lipinski definition) is 4. The molecular formula is CH6Na2O7S2. The topological polar surface area (TPSA) is 132 Å². The Bertz CT molecular complexity index is 150. The van der Waals surface area contributed by atoms with Crippen molar-refractivity contribution in [3.8, 4) is 0 Å². The Morgan fingerprint density at radius 2 is 1.08 bits per heavy atom. The second-order valence-electron chi connectivity index (χ2n) is 0.717. The van der Waals surface area contributed by atoms with Crippen LogP contribution in [0.2, 0.25) is 0 Å². The third-order valence-electron chi connectivity index (χ3n) is 0.122. The van der Waals surface area contributed by atoms with Crippen LogP contribution in [0, 0.1) is 0 Å². The Labute approximate surface area is 119 Å². The average molecular weight is 240 g/mol. The molecule has 0 bridgehead atoms. The molecule has 7 nitrogen and oxygen atoms in total. The Morgan fingerprint density at radius 1 is 1.00 bits per heavy atom. The first-order valence-corrected chi connectivity index (χ1v) is 4.25. The maximum absolute atomic E-state index is 9.26. The Hall–Kier alpha value is 1.49. The van der Waals surface area contributed by atoms with Crippen molar-refractivity contribution in [1.82, 2.24) is 0 Å². The monoisotopic (exact) mass is 240 g/mol. The molecular weight excluding hydrogens is 234 g/mol. The fourth-order valence-corrected chi connectivity index (χ4v) is 0. The third-order valence-corrected chi connectivity index (χ3v) is 1.10. The van der Waals surface area contributed by atoms with Gasteiger partial charge in [0.25, 0.3) is 20.2 Å². The van der Waals surface area contributed by atoms with E-state index >= 15 is 0 Å². The zero-order valence-corrected chi connectivity index (χ0v) is 12.0. The summed E-state index contributed by atoms with van der Waals surface area (Å²) in [5.74, 6) is 0. The predicted molar refractivity (Wildman–Crippen MR) is 34.4 cm³/mol. The van der Waals surface area contributed by atoms with Crippen molar-refractivity contribution < 1.29 is 94.5 Å². The predicted octanol–water partition coefficient (Wildman–Crippen LogP) is -6.20. The summed E-state index contributed by atoms with van der Waals surface area (Å²) in [4.78, 5) is 8.56. The number of rotatable bonds is 1. The van der Waals surface area contributed by atoms with Crippen LogP contribution >= 0.6 is 0 Å². The van der Waals surface area contributed by atoms with Gasteiger partial charge in [0.1, 0.15) is 0 Å². The van der Waals surface area contributed by atoms with Gasteiger partial charge in [-0.2, -0.15) is 0 Å². The molecule has 66 valence electrons. The van der Waals surface area contributed by atoms with Gasteiger partial charge in [0.15, 0.2) is 0 Å². The van der Waals surface area contributed by atoms with E-state index in [1.54, 1.807) is 0 Å². The van der Waals surface area contributed by atoms with E-state index in [4.69, 9.17) is 24.1 Å². The maximum atomic E-state index is 9.26. The first-order valence-electron chi connectivity index (χ1n) is 1.52. The van der Waals surface area contributed by atoms with Gasteiger partial charge in [0.2, 0.25) is 0 Å². The van der Waals surface area contributed by atoms with E-state index in [2.05, 4.69) is 0 Å². The second kappa shape index (κ2) is 15.0. The fraction of sp³-hybridized carbons (Fsp3) is 0. The van der Waals surface area contributed by atoms with Crippen LogP contribution in [-0.2, 0) is 20.2 Å². The van der Waals surface area contributed by atoms with Crippen molar-refractivity contribution in [2.45, 2.75) is 0 Å². The second-order valence-corrected chi connectivity index (χ2v) is 3.30. The molecule has 0 aromatic rings. The zero-order chi connectivity index (χ0) is 8.73. The molecule has 0 fully saturated rings. The Morgan fingerprint density at radius 3 is 1.08 bits per heavy atom. The molecule has 0 saturated heterocycles. The molecule has 0 aliphatic carbocycles. The zero-order valence-electron chi connectivity index (χ0n) is 8.33. The van der Waals surface area contributed by atoms with E-state index in [9.17, 15) is 8.42 Å². The molecule has 0 aromatic carbocycles. The molecule has 0 aliphatic heterocycles. The first-order chi connectivity index (χ1) is 4.37. The summed E-state index contributed by atoms with van der Waals surface area (Å²) in [5.41, 5.74) is 0. The quantitative estimate of drug-likeness (QED) is 0.203. The van der Waals surface area contributed by atoms with E-state index in [0.717, 1.165) is 0 Å². The average Bonchev–Trinajstić information content (AvgIpc) is 1.63. The molecule has 12 heavy (non-hydrogen) atoms. The van der Waals surface area contributed by atoms with Gasteiger partial charge in [0.05, 0.1) is 0 Å². The van der Waals surface area contributed by atoms with Crippen molar-refractivity contribution in [2.24, 2.45) is 0 Å². The molecule has 2 unspecified atom stereocenters. The van der Waals surface area contributed by atoms with Gasteiger partial charge in [-0.3, -0.25) is 9.11 Å². The van der Waals surface area contributed by atoms with Gasteiger partial charge >= 0.3 is 65.3 Å². The molecule has 0 amide bonds. The molecule has 0 aromatic heterocycles. The fourth-order valence-electron chi connectivity index (χ4n) is 0. The summed E-state index contributed by atoms with van der Waals surface area (Å²) in [5, 5.41) is 13.9. The number of carboxylic acid groups (broad SMARTS) is 2. The van der Waals surface area contributed by atoms with Crippen molar-refractivity contribution in [2.75, 3.05) is 0 Å². The summed E-state index contributed by atoms with van der Waals surface area (Å²) in [7, 11) is -5.18. The van der Waals surface area contributed by atoms with Gasteiger partial charge in [-0.05, 0) is 0 Å². The molecule has 0 spiro atoms. The third kappa shape index (κ3) is 41.9. The first kappa shape index (κ1) is 23.4. The van der Waals surface area contributed by atoms with E-state index in [0.29, 0.717) is 0 Å². The molecule has 0 rings (SSSR count). The Kier molecular flexibility index (Phi) is 29.2. The van der Waals surface area contributed by atoms with E-state index in [1.807, 2.05) is 0 Å². The van der Waals surface area contributed by atoms with Crippen LogP contribution in [0.5, 0.6) is 0 Å². The van der Waals surface area contributed by atoms with Crippen LogP contribution in [0.1, 0.15) is 2.85 Å². The van der Waals surface area contributed by atoms with E-state index < -0.39 is 26.4 Å². The van der Waals surface area contributed by atoms with E-state index in [-0.39, 0.29) is 62.0 Å². The minimum atomic E-state index is -2.59. The summed E-state index contributed by atoms with van der Waals surface area (Å²) in [6, 6.07) is 0. The van der Waals surface area contributed by atoms with Crippen molar-refractivity contribution in [3.05, 3.63) is 0 Å². The van der Waals surface area contributed by atoms with Gasteiger partial charge in [-0.25, -0.2) is 13.2 Å². The Balaban J connectivity index is -0.0000000185. The molecule has 2 atom stereocenters. The van der Waals surface area contributed by atoms with Crippen LogP contribution in [-0.4, -0.2) is 33.9 Å². The minimum absolute atomic E-state index is 0. The molecule has 4 N–H and O–H groups in total. The van der Waals surface area contributed by atoms with Gasteiger partial charge in [-0.1, -0.05) is 0 Å². The van der Waals surface area contributed by atoms with Crippen molar-refractivity contribution in [3.63, 3.8) is 0 Å². The van der Waals surface area contributed by atoms with Crippen LogP contribution in [0.4, 0.5) is 4.79 Å². The smallest absolute Gasteiger partial charge is 1.00 e. The molecule has 11 heteroatoms. The normalized spacial score (nSPS) is 11.8. The van der Waals surface area contributed by atoms with Crippen LogP contribution in [0.3, 0.4) is 0 Å². The standard InChI is InChI=1S/CH2O3.2Na.H2O4S2.2H/c2-1(3)4;;;1-5(2)6(3)4;;/h(H2,2,3,4);;;(H,1,2)(H,3,4);;/q;2*+1;;2*-1. The van der Waals surface area contributed by atoms with E-state index in [1.165, 1.54) is 0 Å². The minimum Gasteiger partial charge on any atom is -1.00 e. The maximum Gasteiger partial charge on any atom is 1.00 e. The van der Waals surface area contributed by atoms with Crippen LogP contribution in [0.15, 0.2) is 0 Å². The molecule has 0 saturated carbocycles. The molecule has 0 radical (unpaired) electrons. The number of carbonyl (C=O) groups is 1. The van der Waals surface area contributed by atoms with Crippen LogP contribution in [0.25, 0.3) is 0 Å². The number of hydrogen-bond acceptors (Lipinski definition) is 3. The SMILES string of the molecule is O=C(O)O.O=S(O)S(=O)O.[H-].[H-].[Na+].[Na+]. The van der Waals surface area contributed by atoms with Crippen molar-refractivity contribution in [1.29, 1.82) is 0 Å². The molecule has 0 aliphatic rings. The van der Waals surface area contributed by atoms with Crippen LogP contribution < -0.4 is 59.1 Å². The summed E-state index contributed by atoms with van der Waals surface area (Å²) >= 11 is 0. The largest absolute Gasteiger partial charge is 1.00 e. The summed E-state index contributed by atoms with van der Waals surface area (Å²) < 4.78 is 33.6.